The van der Waals surface area contributed by atoms with E-state index < -0.39 is 0 Å². The zero-order valence-corrected chi connectivity index (χ0v) is 10.9. The number of allylic oxidation sites excluding steroid dienone is 1. The summed E-state index contributed by atoms with van der Waals surface area (Å²) in [6.45, 7) is 8.43. The van der Waals surface area contributed by atoms with Gasteiger partial charge < -0.3 is 0 Å². The molecule has 0 radical (unpaired) electrons. The van der Waals surface area contributed by atoms with E-state index >= 15 is 0 Å². The fraction of sp³-hybridized carbons (Fsp3) is 0.800. The van der Waals surface area contributed by atoms with Gasteiger partial charge in [-0.1, -0.05) is 44.0 Å². The smallest absolute Gasteiger partial charge is 0.0355 e. The third-order valence-corrected chi connectivity index (χ3v) is 5.77. The molecule has 70 valence electrons. The van der Waals surface area contributed by atoms with Gasteiger partial charge in [0.2, 0.25) is 0 Å². The molecular weight excluding hydrogens is 280 g/mol. The van der Waals surface area contributed by atoms with Gasteiger partial charge in [-0.05, 0) is 39.0 Å². The molecule has 0 aromatic heterocycles. The van der Waals surface area contributed by atoms with Crippen LogP contribution in [0.2, 0.25) is 0 Å². The molecule has 0 aromatic rings. The molecular formula is C10H16Br2. The van der Waals surface area contributed by atoms with Crippen LogP contribution in [0.1, 0.15) is 33.1 Å². The molecule has 0 heterocycles. The van der Waals surface area contributed by atoms with E-state index in [0.717, 1.165) is 5.92 Å². The fourth-order valence-electron chi connectivity index (χ4n) is 1.67. The minimum absolute atomic E-state index is 0.291. The van der Waals surface area contributed by atoms with Crippen LogP contribution in [-0.4, -0.2) is 9.15 Å². The molecule has 0 spiro atoms. The molecule has 2 heteroatoms. The lowest BCUT2D eigenvalue weighted by molar-refractivity contribution is 0.368. The molecule has 1 aliphatic rings. The van der Waals surface area contributed by atoms with E-state index in [-0.39, 0.29) is 0 Å². The van der Waals surface area contributed by atoms with Gasteiger partial charge in [-0.25, -0.2) is 0 Å². The number of alkyl halides is 2. The molecule has 0 saturated heterocycles. The Morgan fingerprint density at radius 2 is 2.17 bits per heavy atom. The van der Waals surface area contributed by atoms with Crippen molar-refractivity contribution in [1.82, 2.24) is 0 Å². The van der Waals surface area contributed by atoms with Crippen molar-refractivity contribution in [2.24, 2.45) is 5.92 Å². The highest BCUT2D eigenvalue weighted by atomic mass is 79.9. The zero-order valence-electron chi connectivity index (χ0n) is 7.74. The molecule has 12 heavy (non-hydrogen) atoms. The maximum absolute atomic E-state index is 4.02. The minimum Gasteiger partial charge on any atom is -0.0999 e. The molecule has 3 atom stereocenters. The van der Waals surface area contributed by atoms with Crippen molar-refractivity contribution in [3.63, 3.8) is 0 Å². The van der Waals surface area contributed by atoms with Crippen molar-refractivity contribution < 1.29 is 0 Å². The number of halogens is 2. The third kappa shape index (κ3) is 2.35. The quantitative estimate of drug-likeness (QED) is 0.500. The van der Waals surface area contributed by atoms with E-state index in [1.807, 2.05) is 0 Å². The SMILES string of the molecule is C=C(C)C1CC[C@@](C)(Br)[C@H](Br)C1. The van der Waals surface area contributed by atoms with Crippen LogP contribution in [0, 0.1) is 5.92 Å². The molecule has 1 fully saturated rings. The zero-order chi connectivity index (χ0) is 9.35. The summed E-state index contributed by atoms with van der Waals surface area (Å²) in [7, 11) is 0. The Hall–Kier alpha value is 0.700. The van der Waals surface area contributed by atoms with Gasteiger partial charge >= 0.3 is 0 Å². The summed E-state index contributed by atoms with van der Waals surface area (Å²) < 4.78 is 0.291. The predicted octanol–water partition coefficient (Wildman–Crippen LogP) is 4.28. The van der Waals surface area contributed by atoms with Crippen molar-refractivity contribution in [2.75, 3.05) is 0 Å². The van der Waals surface area contributed by atoms with Crippen LogP contribution in [0.3, 0.4) is 0 Å². The van der Waals surface area contributed by atoms with Gasteiger partial charge in [-0.2, -0.15) is 0 Å². The van der Waals surface area contributed by atoms with E-state index in [9.17, 15) is 0 Å². The van der Waals surface area contributed by atoms with E-state index in [1.54, 1.807) is 0 Å². The summed E-state index contributed by atoms with van der Waals surface area (Å²) in [4.78, 5) is 0.584. The monoisotopic (exact) mass is 294 g/mol. The van der Waals surface area contributed by atoms with E-state index in [4.69, 9.17) is 0 Å². The largest absolute Gasteiger partial charge is 0.0999 e. The lowest BCUT2D eigenvalue weighted by atomic mass is 9.80. The fourth-order valence-corrected chi connectivity index (χ4v) is 2.77. The maximum Gasteiger partial charge on any atom is 0.0355 e. The second-order valence-corrected chi connectivity index (χ2v) is 6.98. The van der Waals surface area contributed by atoms with Gasteiger partial charge in [-0.3, -0.25) is 0 Å². The molecule has 0 amide bonds. The highest BCUT2D eigenvalue weighted by Crippen LogP contribution is 2.43. The molecule has 0 nitrogen and oxygen atoms in total. The van der Waals surface area contributed by atoms with Crippen LogP contribution < -0.4 is 0 Å². The van der Waals surface area contributed by atoms with Gasteiger partial charge in [0.25, 0.3) is 0 Å². The molecule has 1 unspecified atom stereocenters. The molecule has 0 aromatic carbocycles. The second kappa shape index (κ2) is 3.83. The number of hydrogen-bond donors (Lipinski definition) is 0. The van der Waals surface area contributed by atoms with Gasteiger partial charge in [0.15, 0.2) is 0 Å². The summed E-state index contributed by atoms with van der Waals surface area (Å²) in [5.74, 6) is 0.722. The molecule has 0 N–H and O–H groups in total. The summed E-state index contributed by atoms with van der Waals surface area (Å²) in [6, 6.07) is 0. The number of hydrogen-bond acceptors (Lipinski definition) is 0. The second-order valence-electron chi connectivity index (χ2n) is 4.06. The highest BCUT2D eigenvalue weighted by Gasteiger charge is 2.36. The first-order chi connectivity index (χ1) is 5.43. The van der Waals surface area contributed by atoms with E-state index in [0.29, 0.717) is 9.15 Å². The van der Waals surface area contributed by atoms with Crippen LogP contribution in [0.15, 0.2) is 12.2 Å². The summed E-state index contributed by atoms with van der Waals surface area (Å²) in [5.41, 5.74) is 1.34. The number of rotatable bonds is 1. The van der Waals surface area contributed by atoms with Gasteiger partial charge in [-0.15, -0.1) is 0 Å². The van der Waals surface area contributed by atoms with Crippen LogP contribution in [0.5, 0.6) is 0 Å². The minimum atomic E-state index is 0.291. The summed E-state index contributed by atoms with van der Waals surface area (Å²) in [5, 5.41) is 0. The van der Waals surface area contributed by atoms with Crippen molar-refractivity contribution >= 4 is 31.9 Å². The molecule has 0 bridgehead atoms. The third-order valence-electron chi connectivity index (χ3n) is 2.82. The van der Waals surface area contributed by atoms with Crippen LogP contribution >= 0.6 is 31.9 Å². The van der Waals surface area contributed by atoms with Crippen LogP contribution in [0.4, 0.5) is 0 Å². The standard InChI is InChI=1S/C10H16Br2/c1-7(2)8-4-5-10(3,12)9(11)6-8/h8-9H,1,4-6H2,2-3H3/t8?,9-,10-/m1/s1. The van der Waals surface area contributed by atoms with Crippen molar-refractivity contribution in [2.45, 2.75) is 42.3 Å². The maximum atomic E-state index is 4.02. The Labute approximate surface area is 92.1 Å². The van der Waals surface area contributed by atoms with E-state index in [2.05, 4.69) is 52.3 Å². The lowest BCUT2D eigenvalue weighted by Crippen LogP contribution is -2.35. The van der Waals surface area contributed by atoms with Gasteiger partial charge in [0.1, 0.15) is 0 Å². The van der Waals surface area contributed by atoms with E-state index in [1.165, 1.54) is 24.8 Å². The lowest BCUT2D eigenvalue weighted by Gasteiger charge is -2.37. The molecule has 0 aliphatic heterocycles. The average molecular weight is 296 g/mol. The first kappa shape index (κ1) is 10.8. The van der Waals surface area contributed by atoms with Crippen molar-refractivity contribution in [1.29, 1.82) is 0 Å². The predicted molar refractivity (Wildman–Crippen MR) is 62.2 cm³/mol. The van der Waals surface area contributed by atoms with Crippen molar-refractivity contribution in [3.8, 4) is 0 Å². The van der Waals surface area contributed by atoms with Crippen molar-refractivity contribution in [3.05, 3.63) is 12.2 Å². The Kier molecular flexibility index (Phi) is 3.44. The molecule has 1 rings (SSSR count). The molecule has 1 saturated carbocycles. The average Bonchev–Trinajstić information content (AvgIpc) is 1.94. The Balaban J connectivity index is 2.58. The topological polar surface area (TPSA) is 0 Å². The molecule has 1 aliphatic carbocycles. The van der Waals surface area contributed by atoms with Gasteiger partial charge in [0, 0.05) is 9.15 Å². The van der Waals surface area contributed by atoms with Crippen LogP contribution in [-0.2, 0) is 0 Å². The first-order valence-electron chi connectivity index (χ1n) is 4.42. The van der Waals surface area contributed by atoms with Gasteiger partial charge in [0.05, 0.1) is 0 Å². The highest BCUT2D eigenvalue weighted by molar-refractivity contribution is 9.12. The Morgan fingerprint density at radius 3 is 2.58 bits per heavy atom. The first-order valence-corrected chi connectivity index (χ1v) is 6.13. The normalized spacial score (nSPS) is 42.7. The Bertz CT molecular complexity index is 184. The van der Waals surface area contributed by atoms with Crippen LogP contribution in [0.25, 0.3) is 0 Å². The Morgan fingerprint density at radius 1 is 1.58 bits per heavy atom. The summed E-state index contributed by atoms with van der Waals surface area (Å²) in [6.07, 6.45) is 3.73. The summed E-state index contributed by atoms with van der Waals surface area (Å²) >= 11 is 7.49.